The molecule has 0 aromatic heterocycles. The minimum absolute atomic E-state index is 0.0156. The van der Waals surface area contributed by atoms with Crippen molar-refractivity contribution in [3.8, 4) is 0 Å². The summed E-state index contributed by atoms with van der Waals surface area (Å²) >= 11 is 0. The van der Waals surface area contributed by atoms with Gasteiger partial charge in [-0.25, -0.2) is 0 Å². The standard InChI is InChI=1S/C21H30N4O3/c1-22(2)16-20(27)23-11-13-24(14-12-23)21(28)18-9-6-10-25(18)19(26)15-17-7-4-3-5-8-17/h3-5,7-8,18H,6,9-16H2,1-2H3. The van der Waals surface area contributed by atoms with Crippen LogP contribution in [0.4, 0.5) is 0 Å². The van der Waals surface area contributed by atoms with Crippen molar-refractivity contribution in [2.45, 2.75) is 25.3 Å². The lowest BCUT2D eigenvalue weighted by molar-refractivity contribution is -0.146. The summed E-state index contributed by atoms with van der Waals surface area (Å²) in [6.45, 7) is 3.22. The second kappa shape index (κ2) is 9.19. The molecule has 7 heteroatoms. The maximum absolute atomic E-state index is 13.0. The first-order chi connectivity index (χ1) is 13.5. The highest BCUT2D eigenvalue weighted by atomic mass is 16.2. The smallest absolute Gasteiger partial charge is 0.245 e. The van der Waals surface area contributed by atoms with Gasteiger partial charge in [-0.05, 0) is 32.5 Å². The average molecular weight is 386 g/mol. The van der Waals surface area contributed by atoms with Crippen LogP contribution in [-0.2, 0) is 20.8 Å². The number of nitrogens with zero attached hydrogens (tertiary/aromatic N) is 4. The minimum Gasteiger partial charge on any atom is -0.338 e. The van der Waals surface area contributed by atoms with Crippen LogP contribution in [0.1, 0.15) is 18.4 Å². The summed E-state index contributed by atoms with van der Waals surface area (Å²) in [5.74, 6) is 0.137. The first-order valence-corrected chi connectivity index (χ1v) is 10.0. The molecule has 1 aromatic rings. The van der Waals surface area contributed by atoms with E-state index in [2.05, 4.69) is 0 Å². The van der Waals surface area contributed by atoms with Gasteiger partial charge >= 0.3 is 0 Å². The number of carbonyl (C=O) groups is 3. The Morgan fingerprint density at radius 1 is 0.929 bits per heavy atom. The van der Waals surface area contributed by atoms with E-state index in [9.17, 15) is 14.4 Å². The van der Waals surface area contributed by atoms with Crippen molar-refractivity contribution in [1.29, 1.82) is 0 Å². The van der Waals surface area contributed by atoms with Gasteiger partial charge in [0.2, 0.25) is 17.7 Å². The number of piperazine rings is 1. The van der Waals surface area contributed by atoms with Gasteiger partial charge in [-0.2, -0.15) is 0 Å². The van der Waals surface area contributed by atoms with E-state index in [0.29, 0.717) is 45.7 Å². The Morgan fingerprint density at radius 3 is 2.21 bits per heavy atom. The van der Waals surface area contributed by atoms with E-state index in [1.807, 2.05) is 59.1 Å². The van der Waals surface area contributed by atoms with Gasteiger partial charge in [0.05, 0.1) is 13.0 Å². The molecule has 2 fully saturated rings. The van der Waals surface area contributed by atoms with Crippen LogP contribution < -0.4 is 0 Å². The van der Waals surface area contributed by atoms with Crippen molar-refractivity contribution >= 4 is 17.7 Å². The lowest BCUT2D eigenvalue weighted by atomic mass is 10.1. The van der Waals surface area contributed by atoms with Crippen LogP contribution in [0, 0.1) is 0 Å². The summed E-state index contributed by atoms with van der Waals surface area (Å²) in [6.07, 6.45) is 1.91. The number of benzene rings is 1. The van der Waals surface area contributed by atoms with Gasteiger partial charge in [0.1, 0.15) is 6.04 Å². The highest BCUT2D eigenvalue weighted by Gasteiger charge is 2.37. The monoisotopic (exact) mass is 386 g/mol. The molecule has 152 valence electrons. The summed E-state index contributed by atoms with van der Waals surface area (Å²) in [5.41, 5.74) is 0.971. The number of carbonyl (C=O) groups excluding carboxylic acids is 3. The second-order valence-electron chi connectivity index (χ2n) is 7.85. The number of likely N-dealkylation sites (N-methyl/N-ethyl adjacent to an activating group) is 1. The molecule has 28 heavy (non-hydrogen) atoms. The van der Waals surface area contributed by atoms with Crippen LogP contribution in [0.5, 0.6) is 0 Å². The van der Waals surface area contributed by atoms with E-state index in [0.717, 1.165) is 18.4 Å². The molecule has 0 saturated carbocycles. The van der Waals surface area contributed by atoms with Crippen LogP contribution in [0.2, 0.25) is 0 Å². The third-order valence-corrected chi connectivity index (χ3v) is 5.45. The fourth-order valence-corrected chi connectivity index (χ4v) is 3.95. The zero-order valence-corrected chi connectivity index (χ0v) is 16.8. The Hall–Kier alpha value is -2.41. The van der Waals surface area contributed by atoms with E-state index in [4.69, 9.17) is 0 Å². The molecular formula is C21H30N4O3. The summed E-state index contributed by atoms with van der Waals surface area (Å²) in [5, 5.41) is 0. The molecule has 0 bridgehead atoms. The van der Waals surface area contributed by atoms with Crippen LogP contribution in [0.25, 0.3) is 0 Å². The molecule has 1 aromatic carbocycles. The van der Waals surface area contributed by atoms with Gasteiger partial charge in [0, 0.05) is 32.7 Å². The molecule has 7 nitrogen and oxygen atoms in total. The van der Waals surface area contributed by atoms with Crippen molar-refractivity contribution in [1.82, 2.24) is 19.6 Å². The molecule has 2 aliphatic heterocycles. The predicted octanol–water partition coefficient (Wildman–Crippen LogP) is 0.453. The zero-order valence-electron chi connectivity index (χ0n) is 16.8. The molecule has 0 spiro atoms. The van der Waals surface area contributed by atoms with E-state index in [-0.39, 0.29) is 23.8 Å². The Kier molecular flexibility index (Phi) is 6.67. The lowest BCUT2D eigenvalue weighted by Crippen LogP contribution is -2.56. The summed E-state index contributed by atoms with van der Waals surface area (Å²) in [7, 11) is 3.75. The molecule has 0 aliphatic carbocycles. The summed E-state index contributed by atoms with van der Waals surface area (Å²) in [6, 6.07) is 9.29. The molecule has 0 N–H and O–H groups in total. The molecule has 2 saturated heterocycles. The van der Waals surface area contributed by atoms with Crippen LogP contribution in [0.3, 0.4) is 0 Å². The van der Waals surface area contributed by atoms with E-state index in [1.165, 1.54) is 0 Å². The SMILES string of the molecule is CN(C)CC(=O)N1CCN(C(=O)C2CCCN2C(=O)Cc2ccccc2)CC1. The molecule has 3 amide bonds. The largest absolute Gasteiger partial charge is 0.338 e. The fraction of sp³-hybridized carbons (Fsp3) is 0.571. The van der Waals surface area contributed by atoms with Gasteiger partial charge in [0.25, 0.3) is 0 Å². The number of hydrogen-bond donors (Lipinski definition) is 0. The quantitative estimate of drug-likeness (QED) is 0.737. The molecule has 1 unspecified atom stereocenters. The normalized spacial score (nSPS) is 20.0. The van der Waals surface area contributed by atoms with Crippen molar-refractivity contribution < 1.29 is 14.4 Å². The maximum Gasteiger partial charge on any atom is 0.245 e. The van der Waals surface area contributed by atoms with Crippen molar-refractivity contribution in [2.75, 3.05) is 53.4 Å². The van der Waals surface area contributed by atoms with Crippen LogP contribution in [0.15, 0.2) is 30.3 Å². The predicted molar refractivity (Wildman–Crippen MR) is 107 cm³/mol. The summed E-state index contributed by atoms with van der Waals surface area (Å²) < 4.78 is 0. The zero-order chi connectivity index (χ0) is 20.1. The van der Waals surface area contributed by atoms with E-state index < -0.39 is 0 Å². The third-order valence-electron chi connectivity index (χ3n) is 5.45. The molecule has 0 radical (unpaired) electrons. The minimum atomic E-state index is -0.361. The number of hydrogen-bond acceptors (Lipinski definition) is 4. The van der Waals surface area contributed by atoms with E-state index >= 15 is 0 Å². The molecule has 1 atom stereocenters. The van der Waals surface area contributed by atoms with Gasteiger partial charge < -0.3 is 19.6 Å². The number of rotatable bonds is 5. The lowest BCUT2D eigenvalue weighted by Gasteiger charge is -2.37. The van der Waals surface area contributed by atoms with Gasteiger partial charge in [-0.3, -0.25) is 14.4 Å². The van der Waals surface area contributed by atoms with Gasteiger partial charge in [-0.1, -0.05) is 30.3 Å². The Morgan fingerprint density at radius 2 is 1.57 bits per heavy atom. The van der Waals surface area contributed by atoms with Gasteiger partial charge in [-0.15, -0.1) is 0 Å². The Bertz CT molecular complexity index is 699. The second-order valence-corrected chi connectivity index (χ2v) is 7.85. The summed E-state index contributed by atoms with van der Waals surface area (Å²) in [4.78, 5) is 45.2. The number of likely N-dealkylation sites (tertiary alicyclic amines) is 1. The first kappa shape index (κ1) is 20.3. The van der Waals surface area contributed by atoms with Gasteiger partial charge in [0.15, 0.2) is 0 Å². The topological polar surface area (TPSA) is 64.2 Å². The van der Waals surface area contributed by atoms with Crippen LogP contribution >= 0.6 is 0 Å². The van der Waals surface area contributed by atoms with Crippen molar-refractivity contribution in [3.63, 3.8) is 0 Å². The highest BCUT2D eigenvalue weighted by molar-refractivity contribution is 5.89. The third kappa shape index (κ3) is 4.90. The highest BCUT2D eigenvalue weighted by Crippen LogP contribution is 2.21. The Balaban J connectivity index is 1.55. The maximum atomic E-state index is 13.0. The first-order valence-electron chi connectivity index (χ1n) is 10.0. The van der Waals surface area contributed by atoms with E-state index in [1.54, 1.807) is 4.90 Å². The number of amides is 3. The molecule has 2 aliphatic rings. The fourth-order valence-electron chi connectivity index (χ4n) is 3.95. The molecule has 3 rings (SSSR count). The van der Waals surface area contributed by atoms with Crippen LogP contribution in [-0.4, -0.2) is 96.7 Å². The average Bonchev–Trinajstić information content (AvgIpc) is 3.18. The molecule has 2 heterocycles. The van der Waals surface area contributed by atoms with Crippen molar-refractivity contribution in [3.05, 3.63) is 35.9 Å². The molecular weight excluding hydrogens is 356 g/mol. The Labute approximate surface area is 166 Å². The van der Waals surface area contributed by atoms with Crippen molar-refractivity contribution in [2.24, 2.45) is 0 Å².